The number of methoxy groups -OCH3 is 2. The van der Waals surface area contributed by atoms with Crippen LogP contribution in [0, 0.1) is 6.92 Å². The van der Waals surface area contributed by atoms with E-state index in [9.17, 15) is 5.11 Å². The fourth-order valence-electron chi connectivity index (χ4n) is 3.88. The number of furan rings is 1. The number of rotatable bonds is 9. The first-order chi connectivity index (χ1) is 17.5. The zero-order valence-electron chi connectivity index (χ0n) is 20.2. The quantitative estimate of drug-likeness (QED) is 0.275. The summed E-state index contributed by atoms with van der Waals surface area (Å²) in [7, 11) is 3.18. The molecule has 0 saturated carbocycles. The van der Waals surface area contributed by atoms with Gasteiger partial charge in [-0.3, -0.25) is 9.29 Å². The molecule has 4 aromatic heterocycles. The van der Waals surface area contributed by atoms with Gasteiger partial charge in [-0.05, 0) is 68.3 Å². The summed E-state index contributed by atoms with van der Waals surface area (Å²) in [5.74, 6) is 3.33. The molecule has 186 valence electrons. The predicted octanol–water partition coefficient (Wildman–Crippen LogP) is 4.68. The lowest BCUT2D eigenvalue weighted by Gasteiger charge is -2.19. The van der Waals surface area contributed by atoms with Crippen molar-refractivity contribution in [3.05, 3.63) is 72.2 Å². The Morgan fingerprint density at radius 1 is 1.03 bits per heavy atom. The number of para-hydroxylation sites is 1. The first-order valence-electron chi connectivity index (χ1n) is 11.3. The van der Waals surface area contributed by atoms with Gasteiger partial charge in [0.15, 0.2) is 5.76 Å². The average Bonchev–Trinajstić information content (AvgIpc) is 3.63. The second-order valence-corrected chi connectivity index (χ2v) is 9.30. The molecule has 0 spiro atoms. The molecule has 2 atom stereocenters. The SMILES string of the molecule is COc1cccc(OC)c1-n1c(NSC(C)C(O)c2cc3ccccn3n2)nnc1-c1ccc(C)o1. The zero-order valence-corrected chi connectivity index (χ0v) is 21.1. The van der Waals surface area contributed by atoms with E-state index < -0.39 is 6.10 Å². The van der Waals surface area contributed by atoms with Crippen molar-refractivity contribution in [2.24, 2.45) is 0 Å². The lowest BCUT2D eigenvalue weighted by Crippen LogP contribution is -2.15. The van der Waals surface area contributed by atoms with Crippen LogP contribution in [0.2, 0.25) is 0 Å². The number of ether oxygens (including phenoxy) is 2. The summed E-state index contributed by atoms with van der Waals surface area (Å²) in [4.78, 5) is 0. The number of hydrogen-bond donors (Lipinski definition) is 2. The minimum absolute atomic E-state index is 0.270. The molecule has 0 saturated heterocycles. The van der Waals surface area contributed by atoms with Gasteiger partial charge in [0.25, 0.3) is 0 Å². The normalized spacial score (nSPS) is 13.0. The van der Waals surface area contributed by atoms with Gasteiger partial charge in [-0.1, -0.05) is 12.1 Å². The third-order valence-corrected chi connectivity index (χ3v) is 6.65. The molecule has 4 heterocycles. The van der Waals surface area contributed by atoms with Crippen LogP contribution in [0.3, 0.4) is 0 Å². The van der Waals surface area contributed by atoms with Crippen molar-refractivity contribution < 1.29 is 19.0 Å². The lowest BCUT2D eigenvalue weighted by atomic mass is 10.2. The molecule has 0 bridgehead atoms. The minimum atomic E-state index is -0.813. The van der Waals surface area contributed by atoms with Crippen molar-refractivity contribution in [1.82, 2.24) is 24.4 Å². The number of fused-ring (bicyclic) bond motifs is 1. The molecular formula is C25H26N6O4S. The van der Waals surface area contributed by atoms with Gasteiger partial charge in [-0.15, -0.1) is 10.2 Å². The Labute approximate surface area is 212 Å². The maximum Gasteiger partial charge on any atom is 0.239 e. The molecule has 1 aromatic carbocycles. The first kappa shape index (κ1) is 23.8. The average molecular weight is 507 g/mol. The molecule has 2 unspecified atom stereocenters. The first-order valence-corrected chi connectivity index (χ1v) is 12.2. The summed E-state index contributed by atoms with van der Waals surface area (Å²) >= 11 is 1.31. The zero-order chi connectivity index (χ0) is 25.2. The number of aryl methyl sites for hydroxylation is 1. The monoisotopic (exact) mass is 506 g/mol. The number of nitrogens with one attached hydrogen (secondary N) is 1. The highest BCUT2D eigenvalue weighted by atomic mass is 32.2. The van der Waals surface area contributed by atoms with Gasteiger partial charge in [0, 0.05) is 6.20 Å². The van der Waals surface area contributed by atoms with Crippen LogP contribution in [0.4, 0.5) is 5.95 Å². The molecule has 11 heteroatoms. The van der Waals surface area contributed by atoms with Crippen LogP contribution in [-0.4, -0.2) is 49.0 Å². The number of aromatic nitrogens is 5. The summed E-state index contributed by atoms with van der Waals surface area (Å²) in [6.07, 6.45) is 1.04. The Morgan fingerprint density at radius 3 is 2.47 bits per heavy atom. The van der Waals surface area contributed by atoms with Crippen molar-refractivity contribution >= 4 is 23.4 Å². The Balaban J connectivity index is 1.48. The second-order valence-electron chi connectivity index (χ2n) is 8.11. The predicted molar refractivity (Wildman–Crippen MR) is 138 cm³/mol. The van der Waals surface area contributed by atoms with Crippen molar-refractivity contribution in [1.29, 1.82) is 0 Å². The Morgan fingerprint density at radius 2 is 1.81 bits per heavy atom. The summed E-state index contributed by atoms with van der Waals surface area (Å²) < 4.78 is 23.9. The number of pyridine rings is 1. The summed E-state index contributed by atoms with van der Waals surface area (Å²) in [6.45, 7) is 3.78. The van der Waals surface area contributed by atoms with Gasteiger partial charge in [-0.25, -0.2) is 4.52 Å². The topological polar surface area (TPSA) is 112 Å². The van der Waals surface area contributed by atoms with Crippen LogP contribution in [0.25, 0.3) is 22.8 Å². The molecule has 10 nitrogen and oxygen atoms in total. The molecular weight excluding hydrogens is 480 g/mol. The summed E-state index contributed by atoms with van der Waals surface area (Å²) in [5, 5.41) is 24.0. The Kier molecular flexibility index (Phi) is 6.57. The van der Waals surface area contributed by atoms with Crippen LogP contribution in [0.1, 0.15) is 24.5 Å². The molecule has 0 aliphatic carbocycles. The smallest absolute Gasteiger partial charge is 0.239 e. The highest BCUT2D eigenvalue weighted by Crippen LogP contribution is 2.39. The third kappa shape index (κ3) is 4.38. The van der Waals surface area contributed by atoms with Gasteiger partial charge < -0.3 is 19.0 Å². The van der Waals surface area contributed by atoms with Gasteiger partial charge in [0.1, 0.15) is 29.1 Å². The van der Waals surface area contributed by atoms with Gasteiger partial charge >= 0.3 is 0 Å². The lowest BCUT2D eigenvalue weighted by molar-refractivity contribution is 0.174. The molecule has 0 radical (unpaired) electrons. The number of benzene rings is 1. The standard InChI is InChI=1S/C25H26N6O4S/c1-15-11-12-21(35-15)24-26-27-25(31(24)22-19(33-3)9-7-10-20(22)34-4)29-36-16(2)23(32)18-14-17-8-5-6-13-30(17)28-18/h5-14,16,23,32H,1-4H3,(H,27,29). The molecule has 0 aliphatic heterocycles. The largest absolute Gasteiger partial charge is 0.494 e. The van der Waals surface area contributed by atoms with Crippen molar-refractivity contribution in [2.75, 3.05) is 18.9 Å². The molecule has 36 heavy (non-hydrogen) atoms. The number of aliphatic hydroxyl groups excluding tert-OH is 1. The molecule has 5 aromatic rings. The molecule has 0 amide bonds. The van der Waals surface area contributed by atoms with Gasteiger partial charge in [-0.2, -0.15) is 5.10 Å². The van der Waals surface area contributed by atoms with Crippen molar-refractivity contribution in [3.8, 4) is 28.8 Å². The van der Waals surface area contributed by atoms with E-state index in [0.717, 1.165) is 11.3 Å². The Bertz CT molecular complexity index is 1440. The highest BCUT2D eigenvalue weighted by molar-refractivity contribution is 8.01. The maximum absolute atomic E-state index is 11.0. The minimum Gasteiger partial charge on any atom is -0.494 e. The van der Waals surface area contributed by atoms with E-state index in [2.05, 4.69) is 20.0 Å². The van der Waals surface area contributed by atoms with Crippen LogP contribution in [0.15, 0.2) is 65.2 Å². The molecule has 0 fully saturated rings. The summed E-state index contributed by atoms with van der Waals surface area (Å²) in [6, 6.07) is 16.9. The number of hydrogen-bond acceptors (Lipinski definition) is 9. The van der Waals surface area contributed by atoms with Crippen LogP contribution < -0.4 is 14.2 Å². The third-order valence-electron chi connectivity index (χ3n) is 5.72. The van der Waals surface area contributed by atoms with Gasteiger partial charge in [0.2, 0.25) is 11.8 Å². The van der Waals surface area contributed by atoms with E-state index in [4.69, 9.17) is 13.9 Å². The second kappa shape index (κ2) is 9.96. The van der Waals surface area contributed by atoms with E-state index in [1.54, 1.807) is 23.3 Å². The van der Waals surface area contributed by atoms with Crippen LogP contribution in [-0.2, 0) is 0 Å². The highest BCUT2D eigenvalue weighted by Gasteiger charge is 2.26. The maximum atomic E-state index is 11.0. The molecule has 5 rings (SSSR count). The molecule has 0 aliphatic rings. The van der Waals surface area contributed by atoms with E-state index in [1.165, 1.54) is 11.9 Å². The van der Waals surface area contributed by atoms with Crippen LogP contribution >= 0.6 is 11.9 Å². The summed E-state index contributed by atoms with van der Waals surface area (Å²) in [5.41, 5.74) is 2.12. The van der Waals surface area contributed by atoms with Crippen molar-refractivity contribution in [3.63, 3.8) is 0 Å². The number of aliphatic hydroxyl groups is 1. The van der Waals surface area contributed by atoms with E-state index in [1.807, 2.05) is 74.6 Å². The number of anilines is 1. The Hall–Kier alpha value is -3.96. The van der Waals surface area contributed by atoms with Crippen molar-refractivity contribution in [2.45, 2.75) is 25.2 Å². The fraction of sp³-hybridized carbons (Fsp3) is 0.240. The van der Waals surface area contributed by atoms with Crippen LogP contribution in [0.5, 0.6) is 11.5 Å². The number of nitrogens with zero attached hydrogens (tertiary/aromatic N) is 5. The van der Waals surface area contributed by atoms with E-state index in [-0.39, 0.29) is 5.25 Å². The fourth-order valence-corrected chi connectivity index (χ4v) is 4.57. The van der Waals surface area contributed by atoms with Gasteiger partial charge in [0.05, 0.1) is 30.7 Å². The van der Waals surface area contributed by atoms with E-state index in [0.29, 0.717) is 40.4 Å². The van der Waals surface area contributed by atoms with E-state index >= 15 is 0 Å². The molecule has 2 N–H and O–H groups in total.